The molecule has 0 atom stereocenters. The van der Waals surface area contributed by atoms with Gasteiger partial charge in [0.25, 0.3) is 0 Å². The van der Waals surface area contributed by atoms with Gasteiger partial charge in [-0.3, -0.25) is 0 Å². The molecule has 0 aliphatic heterocycles. The molecular weight excluding hydrogens is 238 g/mol. The minimum Gasteiger partial charge on any atom is -0.457 e. The first-order valence-electron chi connectivity index (χ1n) is 6.35. The van der Waals surface area contributed by atoms with E-state index in [-0.39, 0.29) is 6.61 Å². The van der Waals surface area contributed by atoms with Crippen LogP contribution in [0, 0.1) is 6.92 Å². The van der Waals surface area contributed by atoms with Crippen molar-refractivity contribution in [2.24, 2.45) is 0 Å². The van der Waals surface area contributed by atoms with E-state index in [0.29, 0.717) is 6.54 Å². The summed E-state index contributed by atoms with van der Waals surface area (Å²) >= 11 is 0. The Hall–Kier alpha value is -2.00. The lowest BCUT2D eigenvalue weighted by molar-refractivity contribution is 0.304. The Morgan fingerprint density at radius 1 is 0.947 bits per heavy atom. The quantitative estimate of drug-likeness (QED) is 0.892. The van der Waals surface area contributed by atoms with Crippen LogP contribution in [0.15, 0.2) is 48.5 Å². The molecule has 0 saturated carbocycles. The van der Waals surface area contributed by atoms with E-state index in [1.807, 2.05) is 60.5 Å². The lowest BCUT2D eigenvalue weighted by Gasteiger charge is -2.18. The van der Waals surface area contributed by atoms with Crippen molar-refractivity contribution in [2.75, 3.05) is 25.1 Å². The first-order valence-corrected chi connectivity index (χ1v) is 6.35. The highest BCUT2D eigenvalue weighted by atomic mass is 16.5. The van der Waals surface area contributed by atoms with Gasteiger partial charge in [-0.1, -0.05) is 17.7 Å². The zero-order chi connectivity index (χ0) is 13.7. The second-order valence-corrected chi connectivity index (χ2v) is 4.55. The van der Waals surface area contributed by atoms with Crippen LogP contribution in [-0.4, -0.2) is 25.3 Å². The van der Waals surface area contributed by atoms with Crippen LogP contribution >= 0.6 is 0 Å². The number of aliphatic hydroxyl groups excluding tert-OH is 1. The van der Waals surface area contributed by atoms with E-state index in [9.17, 15) is 0 Å². The molecule has 2 rings (SSSR count). The van der Waals surface area contributed by atoms with Gasteiger partial charge in [0.1, 0.15) is 11.5 Å². The highest BCUT2D eigenvalue weighted by molar-refractivity contribution is 5.49. The first-order chi connectivity index (χ1) is 9.19. The Morgan fingerprint density at radius 3 is 2.00 bits per heavy atom. The maximum Gasteiger partial charge on any atom is 0.127 e. The number of hydrogen-bond acceptors (Lipinski definition) is 3. The van der Waals surface area contributed by atoms with Gasteiger partial charge in [0.2, 0.25) is 0 Å². The second-order valence-electron chi connectivity index (χ2n) is 4.55. The Labute approximate surface area is 114 Å². The maximum atomic E-state index is 8.90. The smallest absolute Gasteiger partial charge is 0.127 e. The third-order valence-electron chi connectivity index (χ3n) is 2.97. The van der Waals surface area contributed by atoms with Crippen molar-refractivity contribution in [1.82, 2.24) is 0 Å². The fourth-order valence-electron chi connectivity index (χ4n) is 1.79. The Kier molecular flexibility index (Phi) is 4.42. The summed E-state index contributed by atoms with van der Waals surface area (Å²) in [6, 6.07) is 15.8. The molecule has 2 aromatic rings. The number of hydrogen-bond donors (Lipinski definition) is 1. The monoisotopic (exact) mass is 257 g/mol. The number of aliphatic hydroxyl groups is 1. The number of anilines is 1. The standard InChI is InChI=1S/C16H19NO2/c1-13-3-7-15(8-4-13)19-16-9-5-14(6-10-16)17(2)11-12-18/h3-10,18H,11-12H2,1-2H3. The van der Waals surface area contributed by atoms with Gasteiger partial charge in [-0.2, -0.15) is 0 Å². The van der Waals surface area contributed by atoms with Gasteiger partial charge in [-0.05, 0) is 43.3 Å². The van der Waals surface area contributed by atoms with Gasteiger partial charge in [0.05, 0.1) is 6.61 Å². The predicted molar refractivity (Wildman–Crippen MR) is 78.1 cm³/mol. The lowest BCUT2D eigenvalue weighted by Crippen LogP contribution is -2.20. The fourth-order valence-corrected chi connectivity index (χ4v) is 1.79. The summed E-state index contributed by atoms with van der Waals surface area (Å²) < 4.78 is 5.76. The molecule has 0 heterocycles. The van der Waals surface area contributed by atoms with Crippen LogP contribution in [0.1, 0.15) is 5.56 Å². The van der Waals surface area contributed by atoms with E-state index >= 15 is 0 Å². The molecule has 0 radical (unpaired) electrons. The zero-order valence-electron chi connectivity index (χ0n) is 11.3. The summed E-state index contributed by atoms with van der Waals surface area (Å²) in [5, 5.41) is 8.90. The van der Waals surface area contributed by atoms with E-state index < -0.39 is 0 Å². The SMILES string of the molecule is Cc1ccc(Oc2ccc(N(C)CCO)cc2)cc1. The Bertz CT molecular complexity index is 505. The van der Waals surface area contributed by atoms with Gasteiger partial charge < -0.3 is 14.7 Å². The number of aryl methyl sites for hydroxylation is 1. The number of rotatable bonds is 5. The fraction of sp³-hybridized carbons (Fsp3) is 0.250. The summed E-state index contributed by atoms with van der Waals surface area (Å²) in [6.07, 6.45) is 0. The molecule has 0 aliphatic carbocycles. The molecule has 1 N–H and O–H groups in total. The van der Waals surface area contributed by atoms with Crippen molar-refractivity contribution in [3.8, 4) is 11.5 Å². The third kappa shape index (κ3) is 3.73. The Morgan fingerprint density at radius 2 is 1.47 bits per heavy atom. The van der Waals surface area contributed by atoms with E-state index in [2.05, 4.69) is 6.92 Å². The summed E-state index contributed by atoms with van der Waals surface area (Å²) in [4.78, 5) is 2.00. The molecular formula is C16H19NO2. The van der Waals surface area contributed by atoms with Crippen LogP contribution in [0.2, 0.25) is 0 Å². The van der Waals surface area contributed by atoms with Crippen molar-refractivity contribution in [2.45, 2.75) is 6.92 Å². The molecule has 100 valence electrons. The molecule has 0 unspecified atom stereocenters. The number of benzene rings is 2. The molecule has 0 aromatic heterocycles. The van der Waals surface area contributed by atoms with Gasteiger partial charge in [0.15, 0.2) is 0 Å². The number of ether oxygens (including phenoxy) is 1. The highest BCUT2D eigenvalue weighted by Gasteiger charge is 2.01. The van der Waals surface area contributed by atoms with Crippen molar-refractivity contribution in [3.05, 3.63) is 54.1 Å². The van der Waals surface area contributed by atoms with Crippen LogP contribution in [0.25, 0.3) is 0 Å². The van der Waals surface area contributed by atoms with E-state index in [4.69, 9.17) is 9.84 Å². The van der Waals surface area contributed by atoms with E-state index in [0.717, 1.165) is 17.2 Å². The average molecular weight is 257 g/mol. The lowest BCUT2D eigenvalue weighted by atomic mass is 10.2. The van der Waals surface area contributed by atoms with Crippen molar-refractivity contribution in [3.63, 3.8) is 0 Å². The van der Waals surface area contributed by atoms with Gasteiger partial charge in [0, 0.05) is 19.3 Å². The minimum atomic E-state index is 0.151. The van der Waals surface area contributed by atoms with Gasteiger partial charge in [-0.25, -0.2) is 0 Å². The first kappa shape index (κ1) is 13.4. The van der Waals surface area contributed by atoms with E-state index in [1.54, 1.807) is 0 Å². The zero-order valence-corrected chi connectivity index (χ0v) is 11.3. The molecule has 0 saturated heterocycles. The molecule has 0 bridgehead atoms. The van der Waals surface area contributed by atoms with Crippen LogP contribution < -0.4 is 9.64 Å². The Balaban J connectivity index is 2.04. The maximum absolute atomic E-state index is 8.90. The number of nitrogens with zero attached hydrogens (tertiary/aromatic N) is 1. The van der Waals surface area contributed by atoms with Crippen LogP contribution in [0.3, 0.4) is 0 Å². The minimum absolute atomic E-state index is 0.151. The van der Waals surface area contributed by atoms with Gasteiger partial charge >= 0.3 is 0 Å². The topological polar surface area (TPSA) is 32.7 Å². The molecule has 0 fully saturated rings. The molecule has 0 spiro atoms. The van der Waals surface area contributed by atoms with Crippen molar-refractivity contribution >= 4 is 5.69 Å². The molecule has 3 heteroatoms. The third-order valence-corrected chi connectivity index (χ3v) is 2.97. The summed E-state index contributed by atoms with van der Waals surface area (Å²) in [6.45, 7) is 2.83. The summed E-state index contributed by atoms with van der Waals surface area (Å²) in [5.74, 6) is 1.65. The normalized spacial score (nSPS) is 10.3. The van der Waals surface area contributed by atoms with Gasteiger partial charge in [-0.15, -0.1) is 0 Å². The van der Waals surface area contributed by atoms with Crippen LogP contribution in [0.5, 0.6) is 11.5 Å². The number of likely N-dealkylation sites (N-methyl/N-ethyl adjacent to an activating group) is 1. The molecule has 0 amide bonds. The molecule has 19 heavy (non-hydrogen) atoms. The van der Waals surface area contributed by atoms with Crippen LogP contribution in [-0.2, 0) is 0 Å². The van der Waals surface area contributed by atoms with Crippen molar-refractivity contribution < 1.29 is 9.84 Å². The predicted octanol–water partition coefficient (Wildman–Crippen LogP) is 3.22. The largest absolute Gasteiger partial charge is 0.457 e. The average Bonchev–Trinajstić information content (AvgIpc) is 2.42. The molecule has 3 nitrogen and oxygen atoms in total. The molecule has 0 aliphatic rings. The molecule has 2 aromatic carbocycles. The summed E-state index contributed by atoms with van der Waals surface area (Å²) in [5.41, 5.74) is 2.28. The van der Waals surface area contributed by atoms with Crippen molar-refractivity contribution in [1.29, 1.82) is 0 Å². The second kappa shape index (κ2) is 6.25. The highest BCUT2D eigenvalue weighted by Crippen LogP contribution is 2.24. The van der Waals surface area contributed by atoms with Crippen LogP contribution in [0.4, 0.5) is 5.69 Å². The van der Waals surface area contributed by atoms with E-state index in [1.165, 1.54) is 5.56 Å². The summed E-state index contributed by atoms with van der Waals surface area (Å²) in [7, 11) is 1.95.